The second kappa shape index (κ2) is 7.92. The van der Waals surface area contributed by atoms with Crippen LogP contribution in [0.15, 0.2) is 76.2 Å². The molecule has 4 aromatic rings. The molecule has 0 atom stereocenters. The van der Waals surface area contributed by atoms with Crippen molar-refractivity contribution >= 4 is 23.2 Å². The number of para-hydroxylation sites is 2. The molecule has 0 bridgehead atoms. The zero-order valence-electron chi connectivity index (χ0n) is 15.5. The van der Waals surface area contributed by atoms with Gasteiger partial charge in [-0.1, -0.05) is 42.5 Å². The highest BCUT2D eigenvalue weighted by molar-refractivity contribution is 5.82. The number of hydrazone groups is 1. The summed E-state index contributed by atoms with van der Waals surface area (Å²) in [6.07, 6.45) is 2.14. The Hall–Kier alpha value is -3.67. The van der Waals surface area contributed by atoms with Gasteiger partial charge in [0.25, 0.3) is 5.91 Å². The molecule has 6 nitrogen and oxygen atoms in total. The van der Waals surface area contributed by atoms with Crippen LogP contribution in [0.3, 0.4) is 0 Å². The number of hydrogen-bond donors (Lipinski definition) is 1. The van der Waals surface area contributed by atoms with Crippen molar-refractivity contribution in [2.24, 2.45) is 5.10 Å². The fourth-order valence-electron chi connectivity index (χ4n) is 3.08. The summed E-state index contributed by atoms with van der Waals surface area (Å²) in [5.74, 6) is 2.00. The monoisotopic (exact) mass is 372 g/mol. The summed E-state index contributed by atoms with van der Waals surface area (Å²) >= 11 is 0. The molecule has 0 saturated carbocycles. The van der Waals surface area contributed by atoms with Crippen LogP contribution < -0.4 is 5.43 Å². The molecule has 0 aliphatic heterocycles. The van der Waals surface area contributed by atoms with Gasteiger partial charge in [-0.3, -0.25) is 4.79 Å². The Kier molecular flexibility index (Phi) is 5.01. The van der Waals surface area contributed by atoms with Crippen molar-refractivity contribution in [1.82, 2.24) is 15.0 Å². The molecule has 6 heteroatoms. The molecule has 0 spiro atoms. The molecule has 2 aromatic heterocycles. The molecule has 2 heterocycles. The molecule has 1 N–H and O–H groups in total. The van der Waals surface area contributed by atoms with Crippen molar-refractivity contribution < 1.29 is 9.21 Å². The molecule has 1 amide bonds. The maximum Gasteiger partial charge on any atom is 0.260 e. The van der Waals surface area contributed by atoms with Gasteiger partial charge in [0.1, 0.15) is 23.9 Å². The van der Waals surface area contributed by atoms with E-state index in [-0.39, 0.29) is 12.5 Å². The Bertz CT molecular complexity index is 1130. The first-order valence-electron chi connectivity index (χ1n) is 9.05. The van der Waals surface area contributed by atoms with Gasteiger partial charge in [-0.15, -0.1) is 0 Å². The fourth-order valence-corrected chi connectivity index (χ4v) is 3.08. The molecule has 0 fully saturated rings. The second-order valence-electron chi connectivity index (χ2n) is 6.51. The Morgan fingerprint density at radius 2 is 1.89 bits per heavy atom. The number of hydrogen-bond acceptors (Lipinski definition) is 4. The van der Waals surface area contributed by atoms with Crippen molar-refractivity contribution in [3.05, 3.63) is 89.6 Å². The third kappa shape index (κ3) is 4.01. The number of nitrogens with zero attached hydrogens (tertiary/aromatic N) is 3. The molecule has 140 valence electrons. The van der Waals surface area contributed by atoms with E-state index in [1.807, 2.05) is 60.0 Å². The number of imidazole rings is 1. The van der Waals surface area contributed by atoms with Gasteiger partial charge in [-0.05, 0) is 36.8 Å². The average Bonchev–Trinajstić information content (AvgIpc) is 3.26. The van der Waals surface area contributed by atoms with Gasteiger partial charge in [-0.2, -0.15) is 5.10 Å². The number of aryl methyl sites for hydroxylation is 1. The molecule has 0 aliphatic carbocycles. The molecule has 0 radical (unpaired) electrons. The lowest BCUT2D eigenvalue weighted by molar-refractivity contribution is -0.121. The van der Waals surface area contributed by atoms with E-state index in [2.05, 4.69) is 22.7 Å². The van der Waals surface area contributed by atoms with Crippen molar-refractivity contribution in [3.8, 4) is 0 Å². The van der Waals surface area contributed by atoms with Crippen LogP contribution >= 0.6 is 0 Å². The summed E-state index contributed by atoms with van der Waals surface area (Å²) in [6.45, 7) is 1.99. The van der Waals surface area contributed by atoms with Crippen LogP contribution in [0.5, 0.6) is 0 Å². The predicted molar refractivity (Wildman–Crippen MR) is 108 cm³/mol. The number of nitrogens with one attached hydrogen (secondary N) is 1. The van der Waals surface area contributed by atoms with E-state index in [9.17, 15) is 4.79 Å². The molecule has 0 aliphatic rings. The van der Waals surface area contributed by atoms with Crippen LogP contribution in [-0.4, -0.2) is 21.7 Å². The van der Waals surface area contributed by atoms with Crippen LogP contribution in [0.1, 0.15) is 22.9 Å². The van der Waals surface area contributed by atoms with E-state index >= 15 is 0 Å². The fraction of sp³-hybridized carbons (Fsp3) is 0.136. The number of furan rings is 1. The first-order valence-corrected chi connectivity index (χ1v) is 9.05. The van der Waals surface area contributed by atoms with Gasteiger partial charge in [0.05, 0.1) is 17.2 Å². The third-order valence-corrected chi connectivity index (χ3v) is 4.38. The molecule has 0 saturated heterocycles. The van der Waals surface area contributed by atoms with E-state index in [1.54, 1.807) is 6.07 Å². The lowest BCUT2D eigenvalue weighted by Crippen LogP contribution is -2.24. The highest BCUT2D eigenvalue weighted by atomic mass is 16.3. The number of carbonyl (C=O) groups is 1. The van der Waals surface area contributed by atoms with Gasteiger partial charge in [-0.25, -0.2) is 10.4 Å². The van der Waals surface area contributed by atoms with Gasteiger partial charge in [0.2, 0.25) is 0 Å². The number of amides is 1. The van der Waals surface area contributed by atoms with E-state index in [1.165, 1.54) is 6.21 Å². The SMILES string of the molecule is Cc1ccc(/C=N/NC(=O)Cn2c(Cc3ccccc3)nc3ccccc32)o1. The average molecular weight is 372 g/mol. The summed E-state index contributed by atoms with van der Waals surface area (Å²) in [7, 11) is 0. The maximum atomic E-state index is 12.5. The Morgan fingerprint density at radius 1 is 1.11 bits per heavy atom. The van der Waals surface area contributed by atoms with Crippen LogP contribution in [0.2, 0.25) is 0 Å². The van der Waals surface area contributed by atoms with E-state index in [4.69, 9.17) is 9.40 Å². The highest BCUT2D eigenvalue weighted by Crippen LogP contribution is 2.18. The van der Waals surface area contributed by atoms with Crippen molar-refractivity contribution in [2.75, 3.05) is 0 Å². The molecule has 0 unspecified atom stereocenters. The summed E-state index contributed by atoms with van der Waals surface area (Å²) < 4.78 is 7.33. The zero-order chi connectivity index (χ0) is 19.3. The topological polar surface area (TPSA) is 72.4 Å². The van der Waals surface area contributed by atoms with Gasteiger partial charge in [0, 0.05) is 6.42 Å². The van der Waals surface area contributed by atoms with Crippen molar-refractivity contribution in [2.45, 2.75) is 19.9 Å². The van der Waals surface area contributed by atoms with Crippen LogP contribution in [0.4, 0.5) is 0 Å². The molecular formula is C22H20N4O2. The van der Waals surface area contributed by atoms with Crippen LogP contribution in [0, 0.1) is 6.92 Å². The lowest BCUT2D eigenvalue weighted by Gasteiger charge is -2.08. The number of fused-ring (bicyclic) bond motifs is 1. The maximum absolute atomic E-state index is 12.5. The summed E-state index contributed by atoms with van der Waals surface area (Å²) in [5, 5.41) is 3.98. The molecular weight excluding hydrogens is 352 g/mol. The number of rotatable bonds is 6. The van der Waals surface area contributed by atoms with E-state index < -0.39 is 0 Å². The minimum atomic E-state index is -0.225. The Labute approximate surface area is 162 Å². The zero-order valence-corrected chi connectivity index (χ0v) is 15.5. The number of benzene rings is 2. The van der Waals surface area contributed by atoms with Gasteiger partial charge >= 0.3 is 0 Å². The predicted octanol–water partition coefficient (Wildman–Crippen LogP) is 3.68. The Morgan fingerprint density at radius 3 is 2.68 bits per heavy atom. The largest absolute Gasteiger partial charge is 0.460 e. The van der Waals surface area contributed by atoms with Crippen molar-refractivity contribution in [1.29, 1.82) is 0 Å². The van der Waals surface area contributed by atoms with Crippen LogP contribution in [-0.2, 0) is 17.8 Å². The smallest absolute Gasteiger partial charge is 0.260 e. The lowest BCUT2D eigenvalue weighted by atomic mass is 10.1. The van der Waals surface area contributed by atoms with E-state index in [0.717, 1.165) is 28.2 Å². The van der Waals surface area contributed by atoms with E-state index in [0.29, 0.717) is 12.2 Å². The molecule has 28 heavy (non-hydrogen) atoms. The quantitative estimate of drug-likeness (QED) is 0.414. The van der Waals surface area contributed by atoms with Crippen molar-refractivity contribution in [3.63, 3.8) is 0 Å². The minimum Gasteiger partial charge on any atom is -0.460 e. The van der Waals surface area contributed by atoms with Gasteiger partial charge < -0.3 is 8.98 Å². The second-order valence-corrected chi connectivity index (χ2v) is 6.51. The molecule has 2 aromatic carbocycles. The summed E-state index contributed by atoms with van der Waals surface area (Å²) in [6, 6.07) is 21.6. The highest BCUT2D eigenvalue weighted by Gasteiger charge is 2.13. The first kappa shape index (κ1) is 17.7. The molecule has 4 rings (SSSR count). The summed E-state index contributed by atoms with van der Waals surface area (Å²) in [4.78, 5) is 17.2. The third-order valence-electron chi connectivity index (χ3n) is 4.38. The minimum absolute atomic E-state index is 0.136. The summed E-state index contributed by atoms with van der Waals surface area (Å²) in [5.41, 5.74) is 5.50. The normalized spacial score (nSPS) is 11.3. The van der Waals surface area contributed by atoms with Crippen LogP contribution in [0.25, 0.3) is 11.0 Å². The Balaban J connectivity index is 1.54. The number of carbonyl (C=O) groups excluding carboxylic acids is 1. The standard InChI is InChI=1S/C22H20N4O2/c1-16-11-12-18(28-16)14-23-25-22(27)15-26-20-10-6-5-9-19(20)24-21(26)13-17-7-3-2-4-8-17/h2-12,14H,13,15H2,1H3,(H,25,27)/b23-14+. The van der Waals surface area contributed by atoms with Gasteiger partial charge in [0.15, 0.2) is 0 Å². The first-order chi connectivity index (χ1) is 13.7. The number of aromatic nitrogens is 2.